The van der Waals surface area contributed by atoms with E-state index in [1.54, 1.807) is 32.9 Å². The maximum atomic E-state index is 13.0. The van der Waals surface area contributed by atoms with Crippen molar-refractivity contribution in [2.45, 2.75) is 26.4 Å². The number of nitrogen functional groups attached to an aromatic ring is 1. The molecule has 0 saturated heterocycles. The third-order valence-electron chi connectivity index (χ3n) is 2.11. The minimum absolute atomic E-state index is 0.283. The van der Waals surface area contributed by atoms with Crippen molar-refractivity contribution in [1.29, 1.82) is 0 Å². The zero-order valence-electron chi connectivity index (χ0n) is 11.4. The Bertz CT molecular complexity index is 479. The van der Waals surface area contributed by atoms with Crippen LogP contribution in [0.2, 0.25) is 0 Å². The van der Waals surface area contributed by atoms with Crippen molar-refractivity contribution >= 4 is 17.9 Å². The lowest BCUT2D eigenvalue weighted by Crippen LogP contribution is -2.32. The standard InChI is InChI=1S/C14H19FN2O2/c1-14(2,3)19-13(18)17-8-4-5-10-9-11(15)6-7-12(10)16/h4-7,9H,8,16H2,1-3H3,(H,17,18). The van der Waals surface area contributed by atoms with Gasteiger partial charge in [0.2, 0.25) is 0 Å². The number of carbonyl (C=O) groups is 1. The molecule has 0 aliphatic heterocycles. The van der Waals surface area contributed by atoms with Crippen LogP contribution in [0.4, 0.5) is 14.9 Å². The van der Waals surface area contributed by atoms with Crippen molar-refractivity contribution in [2.75, 3.05) is 12.3 Å². The molecule has 0 heterocycles. The second kappa shape index (κ2) is 6.22. The number of carbonyl (C=O) groups excluding carboxylic acids is 1. The lowest BCUT2D eigenvalue weighted by Gasteiger charge is -2.19. The number of amides is 1. The second-order valence-corrected chi connectivity index (χ2v) is 5.06. The fourth-order valence-electron chi connectivity index (χ4n) is 1.33. The normalized spacial score (nSPS) is 11.6. The van der Waals surface area contributed by atoms with Crippen LogP contribution >= 0.6 is 0 Å². The number of rotatable bonds is 3. The fourth-order valence-corrected chi connectivity index (χ4v) is 1.33. The summed E-state index contributed by atoms with van der Waals surface area (Å²) in [5, 5.41) is 2.56. The number of halogens is 1. The van der Waals surface area contributed by atoms with Gasteiger partial charge in [-0.1, -0.05) is 12.2 Å². The van der Waals surface area contributed by atoms with Gasteiger partial charge in [-0.2, -0.15) is 0 Å². The Labute approximate surface area is 112 Å². The molecule has 1 aromatic carbocycles. The summed E-state index contributed by atoms with van der Waals surface area (Å²) in [6, 6.07) is 4.13. The predicted octanol–water partition coefficient (Wildman–Crippen LogP) is 2.95. The van der Waals surface area contributed by atoms with Crippen molar-refractivity contribution in [2.24, 2.45) is 0 Å². The number of nitrogens with two attached hydrogens (primary N) is 1. The van der Waals surface area contributed by atoms with Gasteiger partial charge < -0.3 is 15.8 Å². The predicted molar refractivity (Wildman–Crippen MR) is 74.1 cm³/mol. The Kier molecular flexibility index (Phi) is 4.92. The Morgan fingerprint density at radius 2 is 2.16 bits per heavy atom. The molecule has 5 heteroatoms. The van der Waals surface area contributed by atoms with Crippen LogP contribution in [0.3, 0.4) is 0 Å². The number of ether oxygens (including phenoxy) is 1. The van der Waals surface area contributed by atoms with Crippen molar-refractivity contribution in [3.8, 4) is 0 Å². The van der Waals surface area contributed by atoms with Gasteiger partial charge in [-0.25, -0.2) is 9.18 Å². The summed E-state index contributed by atoms with van der Waals surface area (Å²) in [5.74, 6) is -0.353. The number of anilines is 1. The van der Waals surface area contributed by atoms with Crippen LogP contribution in [0.15, 0.2) is 24.3 Å². The van der Waals surface area contributed by atoms with Crippen LogP contribution in [0, 0.1) is 5.82 Å². The number of hydrogen-bond donors (Lipinski definition) is 2. The van der Waals surface area contributed by atoms with Crippen LogP contribution in [0.25, 0.3) is 6.08 Å². The highest BCUT2D eigenvalue weighted by Gasteiger charge is 2.14. The Morgan fingerprint density at radius 3 is 2.79 bits per heavy atom. The number of nitrogens with one attached hydrogen (secondary N) is 1. The van der Waals surface area contributed by atoms with Gasteiger partial charge in [0.05, 0.1) is 0 Å². The van der Waals surface area contributed by atoms with Crippen molar-refractivity contribution in [3.63, 3.8) is 0 Å². The molecular weight excluding hydrogens is 247 g/mol. The maximum absolute atomic E-state index is 13.0. The van der Waals surface area contributed by atoms with E-state index in [1.165, 1.54) is 18.2 Å². The van der Waals surface area contributed by atoms with Crippen LogP contribution in [0.1, 0.15) is 26.3 Å². The quantitative estimate of drug-likeness (QED) is 0.827. The van der Waals surface area contributed by atoms with E-state index in [1.807, 2.05) is 0 Å². The fraction of sp³-hybridized carbons (Fsp3) is 0.357. The van der Waals surface area contributed by atoms with Gasteiger partial charge in [0.25, 0.3) is 0 Å². The van der Waals surface area contributed by atoms with E-state index in [2.05, 4.69) is 5.32 Å². The highest BCUT2D eigenvalue weighted by atomic mass is 19.1. The minimum atomic E-state index is -0.527. The molecule has 0 radical (unpaired) electrons. The molecule has 0 unspecified atom stereocenters. The summed E-state index contributed by atoms with van der Waals surface area (Å²) in [6.45, 7) is 5.65. The van der Waals surface area contributed by atoms with E-state index < -0.39 is 11.7 Å². The lowest BCUT2D eigenvalue weighted by atomic mass is 10.1. The summed E-state index contributed by atoms with van der Waals surface area (Å²) in [6.07, 6.45) is 2.83. The minimum Gasteiger partial charge on any atom is -0.444 e. The van der Waals surface area contributed by atoms with Crippen molar-refractivity contribution in [3.05, 3.63) is 35.7 Å². The van der Waals surface area contributed by atoms with E-state index >= 15 is 0 Å². The highest BCUT2D eigenvalue weighted by Crippen LogP contribution is 2.14. The molecule has 104 valence electrons. The van der Waals surface area contributed by atoms with Crippen LogP contribution < -0.4 is 11.1 Å². The molecule has 3 N–H and O–H groups in total. The first kappa shape index (κ1) is 15.0. The molecule has 0 saturated carbocycles. The Morgan fingerprint density at radius 1 is 1.47 bits per heavy atom. The first-order valence-corrected chi connectivity index (χ1v) is 5.96. The molecular formula is C14H19FN2O2. The van der Waals surface area contributed by atoms with Gasteiger partial charge in [0.15, 0.2) is 0 Å². The summed E-state index contributed by atoms with van der Waals surface area (Å²) < 4.78 is 18.1. The van der Waals surface area contributed by atoms with E-state index in [4.69, 9.17) is 10.5 Å². The lowest BCUT2D eigenvalue weighted by molar-refractivity contribution is 0.0534. The summed E-state index contributed by atoms with van der Waals surface area (Å²) in [7, 11) is 0. The average molecular weight is 266 g/mol. The Hall–Kier alpha value is -2.04. The highest BCUT2D eigenvalue weighted by molar-refractivity contribution is 5.69. The molecule has 0 aliphatic rings. The van der Waals surface area contributed by atoms with Gasteiger partial charge >= 0.3 is 6.09 Å². The second-order valence-electron chi connectivity index (χ2n) is 5.06. The molecule has 1 amide bonds. The van der Waals surface area contributed by atoms with Gasteiger partial charge in [-0.05, 0) is 39.0 Å². The largest absolute Gasteiger partial charge is 0.444 e. The SMILES string of the molecule is CC(C)(C)OC(=O)NCC=Cc1cc(F)ccc1N. The van der Waals surface area contributed by atoms with Gasteiger partial charge in [0.1, 0.15) is 11.4 Å². The first-order chi connectivity index (χ1) is 8.78. The Balaban J connectivity index is 2.47. The average Bonchev–Trinajstić information content (AvgIpc) is 2.26. The summed E-state index contributed by atoms with van der Waals surface area (Å²) in [4.78, 5) is 11.3. The molecule has 0 aromatic heterocycles. The van der Waals surface area contributed by atoms with E-state index in [9.17, 15) is 9.18 Å². The zero-order valence-corrected chi connectivity index (χ0v) is 11.4. The molecule has 0 atom stereocenters. The van der Waals surface area contributed by atoms with Gasteiger partial charge in [-0.3, -0.25) is 0 Å². The summed E-state index contributed by atoms with van der Waals surface area (Å²) in [5.41, 5.74) is 6.21. The number of benzene rings is 1. The third kappa shape index (κ3) is 5.90. The number of hydrogen-bond acceptors (Lipinski definition) is 3. The molecule has 0 fully saturated rings. The molecule has 1 rings (SSSR count). The van der Waals surface area contributed by atoms with Crippen LogP contribution in [-0.4, -0.2) is 18.2 Å². The third-order valence-corrected chi connectivity index (χ3v) is 2.11. The molecule has 0 aliphatic carbocycles. The first-order valence-electron chi connectivity index (χ1n) is 5.96. The van der Waals surface area contributed by atoms with Crippen molar-refractivity contribution < 1.29 is 13.9 Å². The van der Waals surface area contributed by atoms with E-state index in [0.717, 1.165) is 0 Å². The number of alkyl carbamates (subject to hydrolysis) is 1. The summed E-state index contributed by atoms with van der Waals surface area (Å²) >= 11 is 0. The van der Waals surface area contributed by atoms with Crippen LogP contribution in [-0.2, 0) is 4.74 Å². The van der Waals surface area contributed by atoms with Crippen LogP contribution in [0.5, 0.6) is 0 Å². The molecule has 19 heavy (non-hydrogen) atoms. The molecule has 1 aromatic rings. The van der Waals surface area contributed by atoms with E-state index in [0.29, 0.717) is 11.3 Å². The topological polar surface area (TPSA) is 64.3 Å². The van der Waals surface area contributed by atoms with Gasteiger partial charge in [0, 0.05) is 17.8 Å². The zero-order chi connectivity index (χ0) is 14.5. The smallest absolute Gasteiger partial charge is 0.407 e. The van der Waals surface area contributed by atoms with E-state index in [-0.39, 0.29) is 12.4 Å². The van der Waals surface area contributed by atoms with Gasteiger partial charge in [-0.15, -0.1) is 0 Å². The molecule has 0 bridgehead atoms. The molecule has 4 nitrogen and oxygen atoms in total. The monoisotopic (exact) mass is 266 g/mol. The van der Waals surface area contributed by atoms with Crippen molar-refractivity contribution in [1.82, 2.24) is 5.32 Å². The maximum Gasteiger partial charge on any atom is 0.407 e. The molecule has 0 spiro atoms.